The number of carbonyl (C=O) groups is 1. The van der Waals surface area contributed by atoms with Gasteiger partial charge in [-0.15, -0.1) is 0 Å². The first-order chi connectivity index (χ1) is 19.3. The fourth-order valence-corrected chi connectivity index (χ4v) is 5.46. The number of aromatic amines is 1. The number of benzene rings is 1. The van der Waals surface area contributed by atoms with Crippen LogP contribution in [0.15, 0.2) is 66.1 Å². The van der Waals surface area contributed by atoms with E-state index in [1.165, 1.54) is 29.4 Å². The second-order valence-corrected chi connectivity index (χ2v) is 10.3. The van der Waals surface area contributed by atoms with E-state index in [1.807, 2.05) is 12.1 Å². The quantitative estimate of drug-likeness (QED) is 0.278. The Morgan fingerprint density at radius 2 is 1.95 bits per heavy atom. The molecule has 2 atom stereocenters. The molecule has 204 valence electrons. The molecule has 2 bridgehead atoms. The number of halogens is 3. The normalized spacial score (nSPS) is 17.8. The summed E-state index contributed by atoms with van der Waals surface area (Å²) in [4.78, 5) is 38.7. The number of aromatic nitrogens is 6. The molecule has 12 heteroatoms. The van der Waals surface area contributed by atoms with Crippen LogP contribution in [0.2, 0.25) is 5.02 Å². The van der Waals surface area contributed by atoms with Crippen molar-refractivity contribution in [3.05, 3.63) is 82.4 Å². The Morgan fingerprint density at radius 1 is 1.10 bits per heavy atom. The maximum Gasteiger partial charge on any atom is 0.333 e. The Kier molecular flexibility index (Phi) is 6.67. The van der Waals surface area contributed by atoms with Gasteiger partial charge in [0.15, 0.2) is 0 Å². The van der Waals surface area contributed by atoms with Crippen molar-refractivity contribution in [1.29, 1.82) is 0 Å². The number of nitrogens with zero attached hydrogens (tertiary/aromatic N) is 5. The number of alkyl halides is 2. The lowest BCUT2D eigenvalue weighted by atomic mass is 9.97. The maximum atomic E-state index is 13.9. The van der Waals surface area contributed by atoms with Gasteiger partial charge in [-0.05, 0) is 43.2 Å². The molecule has 1 aliphatic rings. The fourth-order valence-electron chi connectivity index (χ4n) is 5.23. The summed E-state index contributed by atoms with van der Waals surface area (Å²) >= 11 is 6.31. The highest BCUT2D eigenvalue weighted by molar-refractivity contribution is 6.31. The Bertz CT molecular complexity index is 1800. The van der Waals surface area contributed by atoms with E-state index in [1.54, 1.807) is 31.3 Å². The summed E-state index contributed by atoms with van der Waals surface area (Å²) in [5.41, 5.74) is 2.82. The van der Waals surface area contributed by atoms with Crippen LogP contribution in [0.1, 0.15) is 44.5 Å². The van der Waals surface area contributed by atoms with Gasteiger partial charge in [-0.2, -0.15) is 13.9 Å². The summed E-state index contributed by atoms with van der Waals surface area (Å²) in [6, 6.07) is 9.61. The van der Waals surface area contributed by atoms with Crippen LogP contribution in [0.4, 0.5) is 14.5 Å². The zero-order valence-electron chi connectivity index (χ0n) is 21.3. The lowest BCUT2D eigenvalue weighted by molar-refractivity contribution is -0.119. The molecule has 5 heterocycles. The molecular formula is C28H24ClF2N7O2. The van der Waals surface area contributed by atoms with Crippen LogP contribution >= 0.6 is 11.6 Å². The van der Waals surface area contributed by atoms with Crippen molar-refractivity contribution >= 4 is 34.1 Å². The molecule has 0 radical (unpaired) electrons. The van der Waals surface area contributed by atoms with E-state index >= 15 is 0 Å². The summed E-state index contributed by atoms with van der Waals surface area (Å²) in [6.07, 6.45) is 7.60. The van der Waals surface area contributed by atoms with Crippen LogP contribution < -0.4 is 10.9 Å². The number of hydrogen-bond acceptors (Lipinski definition) is 5. The molecule has 9 nitrogen and oxygen atoms in total. The van der Waals surface area contributed by atoms with Crippen molar-refractivity contribution in [3.63, 3.8) is 0 Å². The molecule has 0 saturated carbocycles. The minimum Gasteiger partial charge on any atom is -0.361 e. The van der Waals surface area contributed by atoms with Crippen molar-refractivity contribution in [1.82, 2.24) is 29.3 Å². The lowest BCUT2D eigenvalue weighted by Gasteiger charge is -2.22. The van der Waals surface area contributed by atoms with Crippen LogP contribution in [0.3, 0.4) is 0 Å². The van der Waals surface area contributed by atoms with E-state index in [4.69, 9.17) is 11.6 Å². The highest BCUT2D eigenvalue weighted by atomic mass is 35.5. The second-order valence-electron chi connectivity index (χ2n) is 9.85. The molecule has 1 amide bonds. The minimum atomic E-state index is -2.92. The Hall–Kier alpha value is -4.38. The Labute approximate surface area is 231 Å². The molecule has 5 aromatic rings. The van der Waals surface area contributed by atoms with E-state index in [9.17, 15) is 18.4 Å². The van der Waals surface area contributed by atoms with E-state index in [0.717, 1.165) is 10.9 Å². The standard InChI is InChI=1S/C28H24ClF2N7O2/c1-15-3-2-4-23(21-10-17(6-7-32-21)26-22(36-27(15)40)13-35-38(26)28(30)31)37-14-34-20(12-24(37)39)19-11-18(29)9-16-5-8-33-25(16)19/h5-15,23,28,33H,2-4H2,1H3,(H,36,40). The van der Waals surface area contributed by atoms with Crippen molar-refractivity contribution in [2.24, 2.45) is 5.92 Å². The predicted octanol–water partition coefficient (Wildman–Crippen LogP) is 6.05. The maximum absolute atomic E-state index is 13.9. The fraction of sp³-hybridized carbons (Fsp3) is 0.250. The number of anilines is 1. The predicted molar refractivity (Wildman–Crippen MR) is 147 cm³/mol. The summed E-state index contributed by atoms with van der Waals surface area (Å²) in [5, 5.41) is 7.98. The number of amides is 1. The van der Waals surface area contributed by atoms with Crippen molar-refractivity contribution in [2.75, 3.05) is 5.32 Å². The van der Waals surface area contributed by atoms with Gasteiger partial charge in [0.05, 0.1) is 46.9 Å². The van der Waals surface area contributed by atoms with E-state index in [0.29, 0.717) is 51.5 Å². The van der Waals surface area contributed by atoms with Gasteiger partial charge in [0.25, 0.3) is 5.56 Å². The SMILES string of the molecule is CC1CCCC(n2cnc(-c3cc(Cl)cc4cc[nH]c34)cc2=O)c2cc(ccn2)-c2c(cnn2C(F)F)NC1=O. The zero-order chi connectivity index (χ0) is 28.0. The van der Waals surface area contributed by atoms with Crippen molar-refractivity contribution in [3.8, 4) is 22.5 Å². The van der Waals surface area contributed by atoms with Gasteiger partial charge in [0, 0.05) is 45.9 Å². The van der Waals surface area contributed by atoms with E-state index < -0.39 is 18.5 Å². The smallest absolute Gasteiger partial charge is 0.333 e. The first-order valence-electron chi connectivity index (χ1n) is 12.8. The molecule has 0 fully saturated rings. The number of fused-ring (bicyclic) bond motifs is 5. The average Bonchev–Trinajstić information content (AvgIpc) is 3.57. The molecule has 6 rings (SSSR count). The third-order valence-corrected chi connectivity index (χ3v) is 7.49. The van der Waals surface area contributed by atoms with Gasteiger partial charge in [-0.1, -0.05) is 24.9 Å². The summed E-state index contributed by atoms with van der Waals surface area (Å²) in [7, 11) is 0. The Balaban J connectivity index is 1.46. The highest BCUT2D eigenvalue weighted by Crippen LogP contribution is 2.35. The number of nitrogens with one attached hydrogen (secondary N) is 2. The number of pyridine rings is 1. The third kappa shape index (κ3) is 4.66. The molecule has 4 aromatic heterocycles. The first kappa shape index (κ1) is 25.9. The topological polar surface area (TPSA) is 110 Å². The van der Waals surface area contributed by atoms with Gasteiger partial charge >= 0.3 is 6.55 Å². The van der Waals surface area contributed by atoms with Gasteiger partial charge < -0.3 is 10.3 Å². The molecule has 1 aliphatic heterocycles. The van der Waals surface area contributed by atoms with Crippen LogP contribution in [-0.2, 0) is 4.79 Å². The Morgan fingerprint density at radius 3 is 2.75 bits per heavy atom. The highest BCUT2D eigenvalue weighted by Gasteiger charge is 2.26. The molecule has 0 saturated heterocycles. The summed E-state index contributed by atoms with van der Waals surface area (Å²) < 4.78 is 29.8. The number of hydrogen-bond donors (Lipinski definition) is 2. The van der Waals surface area contributed by atoms with E-state index in [-0.39, 0.29) is 22.8 Å². The minimum absolute atomic E-state index is 0.0651. The molecule has 1 aromatic carbocycles. The molecule has 2 unspecified atom stereocenters. The van der Waals surface area contributed by atoms with Gasteiger partial charge in [-0.3, -0.25) is 19.1 Å². The second kappa shape index (κ2) is 10.3. The van der Waals surface area contributed by atoms with Crippen LogP contribution in [-0.4, -0.2) is 35.2 Å². The van der Waals surface area contributed by atoms with Crippen LogP contribution in [0.25, 0.3) is 33.4 Å². The van der Waals surface area contributed by atoms with Crippen molar-refractivity contribution in [2.45, 2.75) is 38.8 Å². The van der Waals surface area contributed by atoms with Gasteiger partial charge in [0.1, 0.15) is 0 Å². The lowest BCUT2D eigenvalue weighted by Crippen LogP contribution is -2.27. The molecule has 2 N–H and O–H groups in total. The average molecular weight is 564 g/mol. The van der Waals surface area contributed by atoms with E-state index in [2.05, 4.69) is 25.4 Å². The summed E-state index contributed by atoms with van der Waals surface area (Å²) in [6.45, 7) is -1.14. The largest absolute Gasteiger partial charge is 0.361 e. The van der Waals surface area contributed by atoms with Gasteiger partial charge in [0.2, 0.25) is 5.91 Å². The van der Waals surface area contributed by atoms with Gasteiger partial charge in [-0.25, -0.2) is 9.67 Å². The first-order valence-corrected chi connectivity index (χ1v) is 13.2. The number of rotatable bonds is 3. The van der Waals surface area contributed by atoms with Crippen LogP contribution in [0, 0.1) is 5.92 Å². The monoisotopic (exact) mass is 563 g/mol. The summed E-state index contributed by atoms with van der Waals surface area (Å²) in [5.74, 6) is -0.681. The third-order valence-electron chi connectivity index (χ3n) is 7.27. The molecular weight excluding hydrogens is 540 g/mol. The van der Waals surface area contributed by atoms with Crippen LogP contribution in [0.5, 0.6) is 0 Å². The number of H-pyrrole nitrogens is 1. The van der Waals surface area contributed by atoms with Crippen molar-refractivity contribution < 1.29 is 13.6 Å². The molecule has 0 aliphatic carbocycles. The zero-order valence-corrected chi connectivity index (χ0v) is 22.1. The molecule has 40 heavy (non-hydrogen) atoms. The molecule has 0 spiro atoms. The number of carbonyl (C=O) groups excluding carboxylic acids is 1.